The van der Waals surface area contributed by atoms with Crippen molar-refractivity contribution in [1.82, 2.24) is 16.0 Å². The third-order valence-electron chi connectivity index (χ3n) is 6.45. The van der Waals surface area contributed by atoms with Crippen molar-refractivity contribution in [1.29, 1.82) is 0 Å². The molecule has 0 unspecified atom stereocenters. The van der Waals surface area contributed by atoms with Gasteiger partial charge in [0.15, 0.2) is 0 Å². The van der Waals surface area contributed by atoms with Crippen LogP contribution in [0.1, 0.15) is 36.8 Å². The molecule has 0 bridgehead atoms. The lowest BCUT2D eigenvalue weighted by Crippen LogP contribution is -2.58. The molecule has 0 aromatic heterocycles. The standard InChI is InChI=1S/C29H39N5O8/c1-42-20-12-10-19(11-13-20)16-22(32-26(37)21(31)9-5-6-14-30)27(38)33-23(15-18-7-3-2-4-8-18)28(39)34-24(29(40)41)17-25(35)36/h2-4,7-8,10-13,21-24H,5-6,9,14-17,30-31H2,1H3,(H,32,37)(H,33,38)(H,34,39)(H,35,36)(H,40,41)/t21-,22+,23+,24+/m1/s1. The van der Waals surface area contributed by atoms with Crippen LogP contribution in [0.25, 0.3) is 0 Å². The quantitative estimate of drug-likeness (QED) is 0.116. The first-order chi connectivity index (χ1) is 20.0. The predicted octanol–water partition coefficient (Wildman–Crippen LogP) is -0.0496. The van der Waals surface area contributed by atoms with Crippen LogP contribution in [0.15, 0.2) is 54.6 Å². The van der Waals surface area contributed by atoms with Gasteiger partial charge in [0.25, 0.3) is 0 Å². The number of hydrogen-bond acceptors (Lipinski definition) is 8. The fourth-order valence-electron chi connectivity index (χ4n) is 4.10. The molecule has 42 heavy (non-hydrogen) atoms. The van der Waals surface area contributed by atoms with Gasteiger partial charge < -0.3 is 42.4 Å². The molecule has 0 radical (unpaired) electrons. The van der Waals surface area contributed by atoms with Crippen LogP contribution in [0.5, 0.6) is 5.75 Å². The van der Waals surface area contributed by atoms with Crippen LogP contribution >= 0.6 is 0 Å². The summed E-state index contributed by atoms with van der Waals surface area (Å²) in [4.78, 5) is 62.4. The maximum absolute atomic E-state index is 13.6. The number of unbranched alkanes of at least 4 members (excludes halogenated alkanes) is 1. The first kappa shape index (κ1) is 33.7. The first-order valence-electron chi connectivity index (χ1n) is 13.5. The van der Waals surface area contributed by atoms with Gasteiger partial charge in [0, 0.05) is 12.8 Å². The highest BCUT2D eigenvalue weighted by molar-refractivity contribution is 5.95. The van der Waals surface area contributed by atoms with Crippen molar-refractivity contribution in [3.8, 4) is 5.75 Å². The summed E-state index contributed by atoms with van der Waals surface area (Å²) in [5.41, 5.74) is 12.9. The molecule has 0 saturated heterocycles. The summed E-state index contributed by atoms with van der Waals surface area (Å²) in [5, 5.41) is 25.9. The van der Waals surface area contributed by atoms with Crippen molar-refractivity contribution in [2.24, 2.45) is 11.5 Å². The monoisotopic (exact) mass is 585 g/mol. The summed E-state index contributed by atoms with van der Waals surface area (Å²) in [6, 6.07) is 10.5. The predicted molar refractivity (Wildman–Crippen MR) is 153 cm³/mol. The smallest absolute Gasteiger partial charge is 0.326 e. The summed E-state index contributed by atoms with van der Waals surface area (Å²) >= 11 is 0. The van der Waals surface area contributed by atoms with Crippen molar-refractivity contribution in [2.75, 3.05) is 13.7 Å². The summed E-state index contributed by atoms with van der Waals surface area (Å²) < 4.78 is 5.17. The average molecular weight is 586 g/mol. The maximum atomic E-state index is 13.6. The molecule has 4 atom stereocenters. The van der Waals surface area contributed by atoms with Crippen molar-refractivity contribution >= 4 is 29.7 Å². The van der Waals surface area contributed by atoms with Gasteiger partial charge in [-0.25, -0.2) is 4.79 Å². The Morgan fingerprint density at radius 2 is 1.29 bits per heavy atom. The van der Waals surface area contributed by atoms with E-state index in [-0.39, 0.29) is 12.8 Å². The van der Waals surface area contributed by atoms with Gasteiger partial charge in [-0.3, -0.25) is 19.2 Å². The van der Waals surface area contributed by atoms with E-state index < -0.39 is 60.2 Å². The number of methoxy groups -OCH3 is 1. The number of rotatable bonds is 18. The van der Waals surface area contributed by atoms with E-state index in [1.54, 1.807) is 54.6 Å². The Labute approximate surface area is 244 Å². The highest BCUT2D eigenvalue weighted by Crippen LogP contribution is 2.14. The lowest BCUT2D eigenvalue weighted by atomic mass is 10.0. The highest BCUT2D eigenvalue weighted by Gasteiger charge is 2.31. The average Bonchev–Trinajstić information content (AvgIpc) is 2.96. The summed E-state index contributed by atoms with van der Waals surface area (Å²) in [6.45, 7) is 0.455. The molecule has 2 rings (SSSR count). The lowest BCUT2D eigenvalue weighted by Gasteiger charge is -2.25. The van der Waals surface area contributed by atoms with Crippen LogP contribution in [0.3, 0.4) is 0 Å². The first-order valence-corrected chi connectivity index (χ1v) is 13.5. The summed E-state index contributed by atoms with van der Waals surface area (Å²) in [5.74, 6) is -4.53. The minimum atomic E-state index is -1.72. The third-order valence-corrected chi connectivity index (χ3v) is 6.45. The molecule has 2 aromatic rings. The topological polar surface area (TPSA) is 223 Å². The molecule has 0 heterocycles. The van der Waals surface area contributed by atoms with Crippen LogP contribution in [0.4, 0.5) is 0 Å². The van der Waals surface area contributed by atoms with Crippen molar-refractivity contribution < 1.29 is 38.9 Å². The van der Waals surface area contributed by atoms with Gasteiger partial charge in [-0.1, -0.05) is 48.9 Å². The molecule has 2 aromatic carbocycles. The summed E-state index contributed by atoms with van der Waals surface area (Å²) in [6.07, 6.45) is 0.838. The molecule has 0 saturated carbocycles. The van der Waals surface area contributed by atoms with Gasteiger partial charge in [-0.2, -0.15) is 0 Å². The van der Waals surface area contributed by atoms with E-state index in [0.717, 1.165) is 0 Å². The van der Waals surface area contributed by atoms with Crippen molar-refractivity contribution in [3.05, 3.63) is 65.7 Å². The number of nitrogens with one attached hydrogen (secondary N) is 3. The molecule has 0 aliphatic carbocycles. The number of benzene rings is 2. The Kier molecular flexibility index (Phi) is 13.9. The second-order valence-electron chi connectivity index (χ2n) is 9.75. The van der Waals surface area contributed by atoms with E-state index >= 15 is 0 Å². The molecule has 0 spiro atoms. The number of nitrogens with two attached hydrogens (primary N) is 2. The number of aliphatic carboxylic acids is 2. The number of carboxylic acids is 2. The van der Waals surface area contributed by atoms with Gasteiger partial charge in [0.05, 0.1) is 19.6 Å². The second-order valence-corrected chi connectivity index (χ2v) is 9.75. The zero-order valence-electron chi connectivity index (χ0n) is 23.5. The molecular weight excluding hydrogens is 546 g/mol. The maximum Gasteiger partial charge on any atom is 0.326 e. The molecule has 13 heteroatoms. The van der Waals surface area contributed by atoms with Gasteiger partial charge in [0.2, 0.25) is 17.7 Å². The Morgan fingerprint density at radius 3 is 1.79 bits per heavy atom. The van der Waals surface area contributed by atoms with E-state index in [9.17, 15) is 29.1 Å². The largest absolute Gasteiger partial charge is 0.497 e. The zero-order valence-corrected chi connectivity index (χ0v) is 23.5. The van der Waals surface area contributed by atoms with Crippen LogP contribution in [-0.2, 0) is 36.8 Å². The molecular formula is C29H39N5O8. The minimum absolute atomic E-state index is 0.0281. The Bertz CT molecular complexity index is 1190. The normalized spacial score (nSPS) is 13.6. The number of carbonyl (C=O) groups is 5. The third kappa shape index (κ3) is 11.6. The number of carboxylic acid groups (broad SMARTS) is 2. The number of amides is 3. The molecule has 3 amide bonds. The molecule has 9 N–H and O–H groups in total. The Hall–Kier alpha value is -4.49. The highest BCUT2D eigenvalue weighted by atomic mass is 16.5. The van der Waals surface area contributed by atoms with Crippen molar-refractivity contribution in [2.45, 2.75) is 62.7 Å². The zero-order chi connectivity index (χ0) is 31.1. The summed E-state index contributed by atoms with van der Waals surface area (Å²) in [7, 11) is 1.51. The van der Waals surface area contributed by atoms with Gasteiger partial charge in [0.1, 0.15) is 23.9 Å². The fraction of sp³-hybridized carbons (Fsp3) is 0.414. The van der Waals surface area contributed by atoms with Crippen LogP contribution in [-0.4, -0.2) is 77.7 Å². The van der Waals surface area contributed by atoms with E-state index in [1.807, 2.05) is 0 Å². The second kappa shape index (κ2) is 17.4. The molecule has 228 valence electrons. The fourth-order valence-corrected chi connectivity index (χ4v) is 4.10. The SMILES string of the molecule is COc1ccc(C[C@H](NC(=O)[C@H](N)CCCCN)C(=O)N[C@@H](Cc2ccccc2)C(=O)N[C@@H](CC(=O)O)C(=O)O)cc1. The van der Waals surface area contributed by atoms with Crippen LogP contribution in [0, 0.1) is 0 Å². The molecule has 0 fully saturated rings. The molecule has 13 nitrogen and oxygen atoms in total. The van der Waals surface area contributed by atoms with Crippen LogP contribution in [0.2, 0.25) is 0 Å². The Balaban J connectivity index is 2.31. The molecule has 0 aliphatic rings. The minimum Gasteiger partial charge on any atom is -0.497 e. The van der Waals surface area contributed by atoms with E-state index in [2.05, 4.69) is 16.0 Å². The van der Waals surface area contributed by atoms with Gasteiger partial charge in [-0.15, -0.1) is 0 Å². The van der Waals surface area contributed by atoms with Crippen molar-refractivity contribution in [3.63, 3.8) is 0 Å². The van der Waals surface area contributed by atoms with E-state index in [0.29, 0.717) is 42.7 Å². The Morgan fingerprint density at radius 1 is 0.762 bits per heavy atom. The number of carbonyl (C=O) groups excluding carboxylic acids is 3. The van der Waals surface area contributed by atoms with Gasteiger partial charge >= 0.3 is 11.9 Å². The lowest BCUT2D eigenvalue weighted by molar-refractivity contribution is -0.147. The van der Waals surface area contributed by atoms with Crippen LogP contribution < -0.4 is 32.2 Å². The number of hydrogen-bond donors (Lipinski definition) is 7. The molecule has 0 aliphatic heterocycles. The van der Waals surface area contributed by atoms with E-state index in [4.69, 9.17) is 21.3 Å². The van der Waals surface area contributed by atoms with Gasteiger partial charge in [-0.05, 0) is 42.6 Å². The van der Waals surface area contributed by atoms with E-state index in [1.165, 1.54) is 7.11 Å². The number of ether oxygens (including phenoxy) is 1.